The van der Waals surface area contributed by atoms with Crippen LogP contribution in [0.5, 0.6) is 17.2 Å². The second-order valence-electron chi connectivity index (χ2n) is 30.7. The van der Waals surface area contributed by atoms with E-state index in [0.717, 1.165) is 113 Å². The molecule has 0 fully saturated rings. The van der Waals surface area contributed by atoms with E-state index in [9.17, 15) is 44.1 Å². The zero-order valence-corrected chi connectivity index (χ0v) is 71.6. The van der Waals surface area contributed by atoms with E-state index in [1.54, 1.807) is 87.4 Å². The second-order valence-corrected chi connectivity index (χ2v) is 35.1. The minimum atomic E-state index is -3.62. The third kappa shape index (κ3) is 14.7. The van der Waals surface area contributed by atoms with Gasteiger partial charge in [-0.3, -0.25) is 28.8 Å². The molecule has 0 saturated carbocycles. The average molecular weight is 1760 g/mol. The lowest BCUT2D eigenvalue weighted by Crippen LogP contribution is -2.32. The van der Waals surface area contributed by atoms with Crippen LogP contribution in [-0.2, 0) is 28.8 Å². The highest BCUT2D eigenvalue weighted by Gasteiger charge is 2.42. The maximum atomic E-state index is 14.0. The van der Waals surface area contributed by atoms with Crippen LogP contribution in [0.15, 0.2) is 125 Å². The molecule has 12 aromatic rings. The van der Waals surface area contributed by atoms with Crippen LogP contribution in [0.2, 0.25) is 0 Å². The van der Waals surface area contributed by atoms with Crippen LogP contribution in [0.3, 0.4) is 0 Å². The van der Waals surface area contributed by atoms with Crippen molar-refractivity contribution < 1.29 is 60.5 Å². The van der Waals surface area contributed by atoms with Gasteiger partial charge in [-0.1, -0.05) is 72.8 Å². The molecule has 6 atom stereocenters. The molecule has 24 heteroatoms. The number of carbonyl (C=O) groups is 6. The summed E-state index contributed by atoms with van der Waals surface area (Å²) in [7, 11) is 0. The first-order valence-corrected chi connectivity index (χ1v) is 44.3. The second kappa shape index (κ2) is 34.0. The first-order valence-electron chi connectivity index (χ1n) is 44.5. The van der Waals surface area contributed by atoms with Crippen LogP contribution in [0.1, 0.15) is 176 Å². The number of phenolic OH excluding ortho intramolecular Hbond substituents is 3. The summed E-state index contributed by atoms with van der Waals surface area (Å²) in [5, 5.41) is 45.4. The zero-order chi connectivity index (χ0) is 93.0. The van der Waals surface area contributed by atoms with Crippen molar-refractivity contribution in [1.82, 2.24) is 0 Å². The third-order valence-corrected chi connectivity index (χ3v) is 29.4. The van der Waals surface area contributed by atoms with Gasteiger partial charge in [0, 0.05) is 247 Å². The fraction of sp³-hybridized carbons (Fsp3) is 0.355. The number of aromatic hydroxyl groups is 3. The molecule has 9 aromatic carbocycles. The number of alkyl halides is 6. The van der Waals surface area contributed by atoms with E-state index >= 15 is 0 Å². The maximum Gasteiger partial charge on any atom is 0.227 e. The quantitative estimate of drug-likeness (QED) is 0.0704. The number of anilines is 6. The van der Waals surface area contributed by atoms with Crippen molar-refractivity contribution in [2.45, 2.75) is 135 Å². The van der Waals surface area contributed by atoms with Crippen molar-refractivity contribution in [1.29, 1.82) is 0 Å². The minimum absolute atomic E-state index is 0.0126. The van der Waals surface area contributed by atoms with Gasteiger partial charge in [0.05, 0.1) is 17.1 Å². The summed E-state index contributed by atoms with van der Waals surface area (Å²) < 4.78 is 108. The number of phenols is 3. The molecule has 18 rings (SSSR count). The van der Waals surface area contributed by atoms with Gasteiger partial charge < -0.3 is 44.7 Å². The molecule has 3 aromatic heterocycles. The molecule has 606 valence electrons. The lowest BCUT2D eigenvalue weighted by atomic mass is 9.95. The van der Waals surface area contributed by atoms with Gasteiger partial charge in [-0.2, -0.15) is 0 Å². The van der Waals surface area contributed by atoms with E-state index in [4.69, 9.17) is 86.1 Å². The predicted molar refractivity (Wildman–Crippen MR) is 487 cm³/mol. The fourth-order valence-corrected chi connectivity index (χ4v) is 22.8. The molecule has 0 saturated heterocycles. The van der Waals surface area contributed by atoms with Crippen LogP contribution >= 0.6 is 104 Å². The Labute approximate surface area is 739 Å². The summed E-state index contributed by atoms with van der Waals surface area (Å²) in [6, 6.07) is 31.5. The van der Waals surface area contributed by atoms with Crippen LogP contribution in [0, 0.1) is 41.5 Å². The monoisotopic (exact) mass is 1750 g/mol. The number of amides is 6. The Balaban J connectivity index is 0.000000142. The molecule has 0 unspecified atom stereocenters. The van der Waals surface area contributed by atoms with Crippen LogP contribution in [-0.4, -0.2) is 125 Å². The molecule has 15 nitrogen and oxygen atoms in total. The Kier molecular flexibility index (Phi) is 19.9. The van der Waals surface area contributed by atoms with Gasteiger partial charge in [-0.25, -0.2) is 0 Å². The molecular weight excluding hydrogens is 1650 g/mol. The summed E-state index contributed by atoms with van der Waals surface area (Å²) >= 11 is 42.8. The number of fused-ring (bicyclic) bond motifs is 18. The minimum Gasteiger partial charge on any atom is -0.507 e. The maximum absolute atomic E-state index is 14.0. The summed E-state index contributed by atoms with van der Waals surface area (Å²) in [4.78, 5) is 90.6. The highest BCUT2D eigenvalue weighted by atomic mass is 35.5. The smallest absolute Gasteiger partial charge is 0.227 e. The summed E-state index contributed by atoms with van der Waals surface area (Å²) in [5.74, 6) is -5.81. The SMILES string of the molecule is [2H]C([2H])(C(=O)N1C[C@@H](CCl)c2c1cc(O)c1ccccc21)C([2H])([2H])C([2H])([2H])C(=O)N1C[C@@H](CCl)c2c1cc(C)c1scc(C)c21.[2H]C([2H])(CC(=O)N1C[C@@H](CCl)c2c1cc(O)c1ccccc21)CC(=O)N1C[C@@H](CCl)c2c1cc(C)c1scc(C)c21.[2H]C([2H])(CC([2H])([2H])C(=O)N1C[C@@H](CCl)c2c1cc(C)c1scc(C)c21)C(=O)N1C[C@@H](CCl)c2c1cc(O)c1ccccc21. The first-order chi connectivity index (χ1) is 60.9. The largest absolute Gasteiger partial charge is 0.507 e. The molecule has 0 aliphatic carbocycles. The molecule has 6 amide bonds. The van der Waals surface area contributed by atoms with E-state index in [2.05, 4.69) is 17.7 Å². The van der Waals surface area contributed by atoms with Crippen molar-refractivity contribution in [3.05, 3.63) is 192 Å². The topological polar surface area (TPSA) is 183 Å². The molecule has 0 radical (unpaired) electrons. The summed E-state index contributed by atoms with van der Waals surface area (Å²) in [5.41, 5.74) is 13.9. The van der Waals surface area contributed by atoms with E-state index in [-0.39, 0.29) is 114 Å². The Bertz CT molecular complexity index is 6680. The molecule has 0 spiro atoms. The lowest BCUT2D eigenvalue weighted by molar-refractivity contribution is -0.121. The summed E-state index contributed by atoms with van der Waals surface area (Å²) in [6.07, 6.45) is -20.0. The average Bonchev–Trinajstić information content (AvgIpc) is 1.67. The summed E-state index contributed by atoms with van der Waals surface area (Å²) in [6.45, 7) is 12.7. The van der Waals surface area contributed by atoms with Gasteiger partial charge >= 0.3 is 0 Å². The Hall–Kier alpha value is -8.40. The lowest BCUT2D eigenvalue weighted by Gasteiger charge is -2.20. The van der Waals surface area contributed by atoms with Crippen LogP contribution in [0.4, 0.5) is 34.1 Å². The van der Waals surface area contributed by atoms with Crippen molar-refractivity contribution in [2.24, 2.45) is 0 Å². The number of aryl methyl sites for hydroxylation is 6. The van der Waals surface area contributed by atoms with E-state index in [0.29, 0.717) is 68.8 Å². The third-order valence-electron chi connectivity index (χ3n) is 23.5. The van der Waals surface area contributed by atoms with E-state index in [1.165, 1.54) is 31.5 Å². The number of hydrogen-bond acceptors (Lipinski definition) is 12. The van der Waals surface area contributed by atoms with Gasteiger partial charge in [0.2, 0.25) is 35.4 Å². The number of nitrogens with zero attached hydrogens (tertiary/aromatic N) is 6. The molecular formula is C93H90Cl6N6O9S3. The molecule has 6 aliphatic heterocycles. The number of thiophene rings is 3. The molecule has 0 bridgehead atoms. The standard InChI is InChI=1S/3C31H30Cl2N2O3S/c3*1-17-10-23-30(28-18(2)16-39-31(17)28)20(13-33)15-34(23)26(37)8-5-9-27(38)35-14-19(12-32)29-22-7-4-3-6-21(22)25(36)11-24(29)35/h3*3-4,6-7,10-11,16,19-20,36H,5,8-9,12-15H2,1-2H3/t3*19-,20-/m111/s1/i5D2,8D2,9D2;8D2,9D2;5D2. The number of rotatable bonds is 18. The van der Waals surface area contributed by atoms with E-state index < -0.39 is 93.0 Å². The molecule has 3 N–H and O–H groups in total. The van der Waals surface area contributed by atoms with Crippen LogP contribution < -0.4 is 29.4 Å². The van der Waals surface area contributed by atoms with Gasteiger partial charge in [-0.05, 0) is 178 Å². The predicted octanol–water partition coefficient (Wildman–Crippen LogP) is 22.8. The fourth-order valence-electron chi connectivity index (χ4n) is 18.2. The highest BCUT2D eigenvalue weighted by molar-refractivity contribution is 7.18. The number of benzene rings is 9. The Morgan fingerprint density at radius 3 is 0.846 bits per heavy atom. The number of carbonyl (C=O) groups excluding carboxylic acids is 6. The van der Waals surface area contributed by atoms with Gasteiger partial charge in [0.15, 0.2) is 0 Å². The normalized spacial score (nSPS) is 20.5. The van der Waals surface area contributed by atoms with E-state index in [1.807, 2.05) is 88.5 Å². The molecule has 9 heterocycles. The zero-order valence-electron chi connectivity index (χ0n) is 76.7. The molecule has 117 heavy (non-hydrogen) atoms. The molecule has 6 aliphatic rings. The van der Waals surface area contributed by atoms with Gasteiger partial charge in [0.1, 0.15) is 17.2 Å². The number of hydrogen-bond donors (Lipinski definition) is 3. The van der Waals surface area contributed by atoms with Crippen molar-refractivity contribution in [3.8, 4) is 17.2 Å². The Morgan fingerprint density at radius 2 is 0.573 bits per heavy atom. The van der Waals surface area contributed by atoms with Crippen molar-refractivity contribution >= 4 is 236 Å². The van der Waals surface area contributed by atoms with Crippen molar-refractivity contribution in [3.63, 3.8) is 0 Å². The number of halogens is 6. The van der Waals surface area contributed by atoms with Gasteiger partial charge in [-0.15, -0.1) is 104 Å². The first kappa shape index (κ1) is 68.4. The van der Waals surface area contributed by atoms with Gasteiger partial charge in [0.25, 0.3) is 0 Å². The highest BCUT2D eigenvalue weighted by Crippen LogP contribution is 2.53. The van der Waals surface area contributed by atoms with Crippen LogP contribution in [0.25, 0.3) is 62.6 Å². The van der Waals surface area contributed by atoms with Crippen molar-refractivity contribution in [2.75, 3.05) is 104 Å². The Morgan fingerprint density at radius 1 is 0.333 bits per heavy atom.